The molecular formula is C11H19N3O. The minimum Gasteiger partial charge on any atom is -0.377 e. The van der Waals surface area contributed by atoms with Crippen LogP contribution in [0.5, 0.6) is 0 Å². The van der Waals surface area contributed by atoms with Crippen LogP contribution in [0.4, 0.5) is 0 Å². The fourth-order valence-corrected chi connectivity index (χ4v) is 2.08. The molecule has 2 atom stereocenters. The molecular weight excluding hydrogens is 190 g/mol. The van der Waals surface area contributed by atoms with Crippen LogP contribution >= 0.6 is 0 Å². The van der Waals surface area contributed by atoms with Crippen LogP contribution in [-0.4, -0.2) is 29.0 Å². The first-order chi connectivity index (χ1) is 7.40. The summed E-state index contributed by atoms with van der Waals surface area (Å²) in [5.74, 6) is 0. The van der Waals surface area contributed by atoms with Crippen LogP contribution in [-0.2, 0) is 11.3 Å². The highest BCUT2D eigenvalue weighted by Crippen LogP contribution is 2.17. The molecule has 0 saturated carbocycles. The molecule has 1 aliphatic heterocycles. The molecule has 0 aliphatic carbocycles. The molecule has 4 heteroatoms. The van der Waals surface area contributed by atoms with Crippen molar-refractivity contribution in [2.24, 2.45) is 0 Å². The number of rotatable bonds is 5. The van der Waals surface area contributed by atoms with Gasteiger partial charge in [0.2, 0.25) is 0 Å². The Kier molecular flexibility index (Phi) is 3.75. The minimum atomic E-state index is 0.401. The van der Waals surface area contributed by atoms with Crippen molar-refractivity contribution in [3.05, 3.63) is 18.0 Å². The van der Waals surface area contributed by atoms with Crippen LogP contribution in [0.15, 0.2) is 12.3 Å². The summed E-state index contributed by atoms with van der Waals surface area (Å²) in [5, 5.41) is 10.4. The van der Waals surface area contributed by atoms with Gasteiger partial charge in [0, 0.05) is 31.1 Å². The first-order valence-electron chi connectivity index (χ1n) is 5.73. The molecule has 1 fully saturated rings. The Bertz CT molecular complexity index is 267. The molecule has 4 nitrogen and oxygen atoms in total. The SMILES string of the molecule is CCC(NCc1ccn[nH]1)C1CCCO1. The predicted molar refractivity (Wildman–Crippen MR) is 58.5 cm³/mol. The van der Waals surface area contributed by atoms with Crippen molar-refractivity contribution < 1.29 is 4.74 Å². The third-order valence-electron chi connectivity index (χ3n) is 2.97. The van der Waals surface area contributed by atoms with E-state index < -0.39 is 0 Å². The average Bonchev–Trinajstić information content (AvgIpc) is 2.90. The van der Waals surface area contributed by atoms with Crippen molar-refractivity contribution in [3.8, 4) is 0 Å². The average molecular weight is 209 g/mol. The summed E-state index contributed by atoms with van der Waals surface area (Å²) in [6.07, 6.45) is 5.68. The fourth-order valence-electron chi connectivity index (χ4n) is 2.08. The van der Waals surface area contributed by atoms with Crippen LogP contribution in [0.25, 0.3) is 0 Å². The lowest BCUT2D eigenvalue weighted by atomic mass is 10.1. The lowest BCUT2D eigenvalue weighted by Crippen LogP contribution is -2.38. The summed E-state index contributed by atoms with van der Waals surface area (Å²) in [5.41, 5.74) is 1.13. The van der Waals surface area contributed by atoms with E-state index in [1.54, 1.807) is 6.20 Å². The van der Waals surface area contributed by atoms with E-state index in [9.17, 15) is 0 Å². The number of ether oxygens (including phenoxy) is 1. The number of nitrogens with one attached hydrogen (secondary N) is 2. The molecule has 2 N–H and O–H groups in total. The number of hydrogen-bond acceptors (Lipinski definition) is 3. The summed E-state index contributed by atoms with van der Waals surface area (Å²) in [7, 11) is 0. The molecule has 0 spiro atoms. The van der Waals surface area contributed by atoms with Crippen molar-refractivity contribution in [1.82, 2.24) is 15.5 Å². The minimum absolute atomic E-state index is 0.401. The van der Waals surface area contributed by atoms with E-state index in [1.165, 1.54) is 12.8 Å². The van der Waals surface area contributed by atoms with E-state index >= 15 is 0 Å². The topological polar surface area (TPSA) is 49.9 Å². The number of hydrogen-bond donors (Lipinski definition) is 2. The summed E-state index contributed by atoms with van der Waals surface area (Å²) >= 11 is 0. The van der Waals surface area contributed by atoms with Gasteiger partial charge >= 0.3 is 0 Å². The van der Waals surface area contributed by atoms with E-state index in [0.717, 1.165) is 25.3 Å². The Morgan fingerprint density at radius 1 is 1.73 bits per heavy atom. The molecule has 0 bridgehead atoms. The molecule has 1 aromatic rings. The van der Waals surface area contributed by atoms with E-state index in [-0.39, 0.29) is 0 Å². The van der Waals surface area contributed by atoms with Crippen LogP contribution in [0.2, 0.25) is 0 Å². The molecule has 2 unspecified atom stereocenters. The highest BCUT2D eigenvalue weighted by molar-refractivity contribution is 4.97. The zero-order valence-corrected chi connectivity index (χ0v) is 9.20. The highest BCUT2D eigenvalue weighted by Gasteiger charge is 2.23. The molecule has 84 valence electrons. The number of nitrogens with zero attached hydrogens (tertiary/aromatic N) is 1. The monoisotopic (exact) mass is 209 g/mol. The van der Waals surface area contributed by atoms with Gasteiger partial charge in [0.05, 0.1) is 6.10 Å². The molecule has 1 saturated heterocycles. The number of aromatic nitrogens is 2. The first-order valence-corrected chi connectivity index (χ1v) is 5.73. The number of H-pyrrole nitrogens is 1. The summed E-state index contributed by atoms with van der Waals surface area (Å²) in [6, 6.07) is 2.46. The van der Waals surface area contributed by atoms with Gasteiger partial charge in [-0.3, -0.25) is 5.10 Å². The maximum absolute atomic E-state index is 5.69. The molecule has 15 heavy (non-hydrogen) atoms. The maximum atomic E-state index is 5.69. The van der Waals surface area contributed by atoms with Gasteiger partial charge in [-0.15, -0.1) is 0 Å². The van der Waals surface area contributed by atoms with Crippen molar-refractivity contribution in [1.29, 1.82) is 0 Å². The van der Waals surface area contributed by atoms with Gasteiger partial charge in [-0.2, -0.15) is 5.10 Å². The fraction of sp³-hybridized carbons (Fsp3) is 0.727. The molecule has 0 aromatic carbocycles. The van der Waals surface area contributed by atoms with Crippen molar-refractivity contribution in [2.45, 2.75) is 44.9 Å². The largest absolute Gasteiger partial charge is 0.377 e. The van der Waals surface area contributed by atoms with Crippen LogP contribution in [0, 0.1) is 0 Å². The third-order valence-corrected chi connectivity index (χ3v) is 2.97. The maximum Gasteiger partial charge on any atom is 0.0728 e. The zero-order chi connectivity index (χ0) is 10.5. The van der Waals surface area contributed by atoms with Gasteiger partial charge in [-0.05, 0) is 25.3 Å². The van der Waals surface area contributed by atoms with Crippen molar-refractivity contribution in [3.63, 3.8) is 0 Å². The highest BCUT2D eigenvalue weighted by atomic mass is 16.5. The Morgan fingerprint density at radius 2 is 2.67 bits per heavy atom. The van der Waals surface area contributed by atoms with Crippen LogP contribution in [0.3, 0.4) is 0 Å². The van der Waals surface area contributed by atoms with Crippen molar-refractivity contribution >= 4 is 0 Å². The second-order valence-corrected chi connectivity index (χ2v) is 4.03. The lowest BCUT2D eigenvalue weighted by molar-refractivity contribution is 0.0763. The summed E-state index contributed by atoms with van der Waals surface area (Å²) in [6.45, 7) is 3.97. The van der Waals surface area contributed by atoms with Gasteiger partial charge in [-0.1, -0.05) is 6.92 Å². The van der Waals surface area contributed by atoms with E-state index in [4.69, 9.17) is 4.74 Å². The molecule has 0 amide bonds. The Hall–Kier alpha value is -0.870. The second kappa shape index (κ2) is 5.28. The lowest BCUT2D eigenvalue weighted by Gasteiger charge is -2.22. The molecule has 2 rings (SSSR count). The van der Waals surface area contributed by atoms with Gasteiger partial charge < -0.3 is 10.1 Å². The van der Waals surface area contributed by atoms with Gasteiger partial charge in [0.15, 0.2) is 0 Å². The quantitative estimate of drug-likeness (QED) is 0.772. The predicted octanol–water partition coefficient (Wildman–Crippen LogP) is 1.46. The number of aromatic amines is 1. The van der Waals surface area contributed by atoms with E-state index in [1.807, 2.05) is 6.07 Å². The standard InChI is InChI=1S/C11H19N3O/c1-2-10(11-4-3-7-15-11)12-8-9-5-6-13-14-9/h5-6,10-12H,2-4,7-8H2,1H3,(H,13,14). The van der Waals surface area contributed by atoms with Crippen LogP contribution in [0.1, 0.15) is 31.9 Å². The second-order valence-electron chi connectivity index (χ2n) is 4.03. The van der Waals surface area contributed by atoms with E-state index in [0.29, 0.717) is 12.1 Å². The zero-order valence-electron chi connectivity index (χ0n) is 9.20. The Balaban J connectivity index is 1.80. The first kappa shape index (κ1) is 10.6. The molecule has 2 heterocycles. The van der Waals surface area contributed by atoms with Gasteiger partial charge in [0.25, 0.3) is 0 Å². The van der Waals surface area contributed by atoms with Gasteiger partial charge in [-0.25, -0.2) is 0 Å². The molecule has 0 radical (unpaired) electrons. The smallest absolute Gasteiger partial charge is 0.0728 e. The van der Waals surface area contributed by atoms with Crippen molar-refractivity contribution in [2.75, 3.05) is 6.61 Å². The Labute approximate surface area is 90.4 Å². The normalized spacial score (nSPS) is 23.1. The van der Waals surface area contributed by atoms with E-state index in [2.05, 4.69) is 22.4 Å². The molecule has 1 aliphatic rings. The third kappa shape index (κ3) is 2.79. The Morgan fingerprint density at radius 3 is 3.27 bits per heavy atom. The molecule has 1 aromatic heterocycles. The van der Waals surface area contributed by atoms with Gasteiger partial charge in [0.1, 0.15) is 0 Å². The van der Waals surface area contributed by atoms with Crippen LogP contribution < -0.4 is 5.32 Å². The summed E-state index contributed by atoms with van der Waals surface area (Å²) < 4.78 is 5.69. The summed E-state index contributed by atoms with van der Waals surface area (Å²) in [4.78, 5) is 0.